The summed E-state index contributed by atoms with van der Waals surface area (Å²) in [5.74, 6) is 1.55. The zero-order chi connectivity index (χ0) is 15.9. The number of benzene rings is 2. The molecule has 0 unspecified atom stereocenters. The molecular formula is C19H19NO3. The summed E-state index contributed by atoms with van der Waals surface area (Å²) in [5.41, 5.74) is 2.59. The maximum atomic E-state index is 12.8. The van der Waals surface area contributed by atoms with Crippen LogP contribution in [0.1, 0.15) is 24.0 Å². The van der Waals surface area contributed by atoms with E-state index in [2.05, 4.69) is 5.32 Å². The largest absolute Gasteiger partial charge is 0.486 e. The Labute approximate surface area is 135 Å². The van der Waals surface area contributed by atoms with E-state index < -0.39 is 5.41 Å². The van der Waals surface area contributed by atoms with Crippen LogP contribution in [0, 0.1) is 6.92 Å². The number of fused-ring (bicyclic) bond motifs is 1. The fraction of sp³-hybridized carbons (Fsp3) is 0.316. The molecule has 0 atom stereocenters. The second kappa shape index (κ2) is 5.30. The zero-order valence-electron chi connectivity index (χ0n) is 13.1. The van der Waals surface area contributed by atoms with Crippen LogP contribution in [-0.2, 0) is 10.2 Å². The van der Waals surface area contributed by atoms with Gasteiger partial charge in [-0.25, -0.2) is 0 Å². The molecule has 1 fully saturated rings. The summed E-state index contributed by atoms with van der Waals surface area (Å²) in [6, 6.07) is 13.7. The number of carbonyl (C=O) groups excluding carboxylic acids is 1. The predicted octanol–water partition coefficient (Wildman–Crippen LogP) is 3.44. The number of hydrogen-bond acceptors (Lipinski definition) is 3. The standard InChI is InChI=1S/C19H19NO3/c1-13-2-5-15(6-3-13)20-18(21)19(8-9-19)14-4-7-16-17(12-14)23-11-10-22-16/h2-7,12H,8-11H2,1H3,(H,20,21). The van der Waals surface area contributed by atoms with Gasteiger partial charge < -0.3 is 14.8 Å². The van der Waals surface area contributed by atoms with E-state index in [9.17, 15) is 4.79 Å². The summed E-state index contributed by atoms with van der Waals surface area (Å²) in [5, 5.41) is 3.04. The Morgan fingerprint density at radius 3 is 2.39 bits per heavy atom. The van der Waals surface area contributed by atoms with Crippen molar-refractivity contribution in [2.45, 2.75) is 25.2 Å². The molecule has 2 aliphatic rings. The van der Waals surface area contributed by atoms with Crippen LogP contribution in [0.25, 0.3) is 0 Å². The molecule has 4 heteroatoms. The average molecular weight is 309 g/mol. The van der Waals surface area contributed by atoms with Gasteiger partial charge in [0.2, 0.25) is 5.91 Å². The number of ether oxygens (including phenoxy) is 2. The first-order valence-corrected chi connectivity index (χ1v) is 7.96. The van der Waals surface area contributed by atoms with Gasteiger partial charge in [0.25, 0.3) is 0 Å². The molecular weight excluding hydrogens is 290 g/mol. The van der Waals surface area contributed by atoms with Crippen molar-refractivity contribution < 1.29 is 14.3 Å². The van der Waals surface area contributed by atoms with E-state index in [1.165, 1.54) is 5.56 Å². The molecule has 2 aromatic rings. The molecule has 4 rings (SSSR count). The maximum Gasteiger partial charge on any atom is 0.235 e. The van der Waals surface area contributed by atoms with E-state index in [4.69, 9.17) is 9.47 Å². The van der Waals surface area contributed by atoms with Crippen LogP contribution in [0.3, 0.4) is 0 Å². The highest BCUT2D eigenvalue weighted by Crippen LogP contribution is 2.50. The second-order valence-electron chi connectivity index (χ2n) is 6.26. The van der Waals surface area contributed by atoms with Crippen molar-refractivity contribution in [1.29, 1.82) is 0 Å². The minimum Gasteiger partial charge on any atom is -0.486 e. The van der Waals surface area contributed by atoms with Crippen molar-refractivity contribution in [3.63, 3.8) is 0 Å². The minimum absolute atomic E-state index is 0.0537. The van der Waals surface area contributed by atoms with Gasteiger partial charge in [0.1, 0.15) is 13.2 Å². The fourth-order valence-electron chi connectivity index (χ4n) is 3.00. The molecule has 1 aliphatic heterocycles. The van der Waals surface area contributed by atoms with E-state index in [1.807, 2.05) is 49.4 Å². The monoisotopic (exact) mass is 309 g/mol. The van der Waals surface area contributed by atoms with Gasteiger partial charge in [-0.15, -0.1) is 0 Å². The first kappa shape index (κ1) is 14.1. The van der Waals surface area contributed by atoms with Gasteiger partial charge in [-0.2, -0.15) is 0 Å². The third kappa shape index (κ3) is 2.54. The first-order valence-electron chi connectivity index (χ1n) is 7.96. The van der Waals surface area contributed by atoms with Crippen molar-refractivity contribution in [1.82, 2.24) is 0 Å². The van der Waals surface area contributed by atoms with Crippen molar-refractivity contribution in [3.05, 3.63) is 53.6 Å². The summed E-state index contributed by atoms with van der Waals surface area (Å²) in [6.45, 7) is 3.16. The SMILES string of the molecule is Cc1ccc(NC(=O)C2(c3ccc4c(c3)OCCO4)CC2)cc1. The van der Waals surface area contributed by atoms with Crippen LogP contribution >= 0.6 is 0 Å². The van der Waals surface area contributed by atoms with Crippen molar-refractivity contribution in [2.24, 2.45) is 0 Å². The lowest BCUT2D eigenvalue weighted by Gasteiger charge is -2.21. The quantitative estimate of drug-likeness (QED) is 0.945. The second-order valence-corrected chi connectivity index (χ2v) is 6.26. The molecule has 0 saturated heterocycles. The maximum absolute atomic E-state index is 12.8. The van der Waals surface area contributed by atoms with Crippen LogP contribution in [0.4, 0.5) is 5.69 Å². The molecule has 0 bridgehead atoms. The number of nitrogens with one attached hydrogen (secondary N) is 1. The number of anilines is 1. The van der Waals surface area contributed by atoms with Gasteiger partial charge in [0.05, 0.1) is 5.41 Å². The molecule has 1 heterocycles. The Bertz CT molecular complexity index is 748. The van der Waals surface area contributed by atoms with Gasteiger partial charge in [-0.3, -0.25) is 4.79 Å². The third-order valence-electron chi connectivity index (χ3n) is 4.59. The van der Waals surface area contributed by atoms with E-state index in [-0.39, 0.29) is 5.91 Å². The van der Waals surface area contributed by atoms with Crippen LogP contribution in [0.5, 0.6) is 11.5 Å². The zero-order valence-corrected chi connectivity index (χ0v) is 13.1. The van der Waals surface area contributed by atoms with E-state index in [0.717, 1.165) is 35.6 Å². The van der Waals surface area contributed by atoms with Gasteiger partial charge in [-0.1, -0.05) is 23.8 Å². The molecule has 23 heavy (non-hydrogen) atoms. The van der Waals surface area contributed by atoms with Gasteiger partial charge >= 0.3 is 0 Å². The van der Waals surface area contributed by atoms with Crippen molar-refractivity contribution in [2.75, 3.05) is 18.5 Å². The Kier molecular flexibility index (Phi) is 3.26. The number of rotatable bonds is 3. The Balaban J connectivity index is 1.58. The highest BCUT2D eigenvalue weighted by molar-refractivity contribution is 6.01. The normalized spacial score (nSPS) is 17.4. The number of hydrogen-bond donors (Lipinski definition) is 1. The van der Waals surface area contributed by atoms with E-state index >= 15 is 0 Å². The molecule has 0 spiro atoms. The molecule has 118 valence electrons. The molecule has 1 amide bonds. The average Bonchev–Trinajstić information content (AvgIpc) is 3.38. The predicted molar refractivity (Wildman–Crippen MR) is 88.2 cm³/mol. The van der Waals surface area contributed by atoms with Gasteiger partial charge in [0.15, 0.2) is 11.5 Å². The van der Waals surface area contributed by atoms with E-state index in [1.54, 1.807) is 0 Å². The summed E-state index contributed by atoms with van der Waals surface area (Å²) >= 11 is 0. The summed E-state index contributed by atoms with van der Waals surface area (Å²) < 4.78 is 11.2. The smallest absolute Gasteiger partial charge is 0.235 e. The first-order chi connectivity index (χ1) is 11.2. The Hall–Kier alpha value is -2.49. The lowest BCUT2D eigenvalue weighted by atomic mass is 9.94. The number of aryl methyl sites for hydroxylation is 1. The van der Waals surface area contributed by atoms with Gasteiger partial charge in [0, 0.05) is 5.69 Å². The topological polar surface area (TPSA) is 47.6 Å². The molecule has 0 radical (unpaired) electrons. The number of amides is 1. The summed E-state index contributed by atoms with van der Waals surface area (Å²) in [4.78, 5) is 12.8. The molecule has 1 N–H and O–H groups in total. The minimum atomic E-state index is -0.430. The molecule has 4 nitrogen and oxygen atoms in total. The summed E-state index contributed by atoms with van der Waals surface area (Å²) in [7, 11) is 0. The highest BCUT2D eigenvalue weighted by Gasteiger charge is 2.51. The van der Waals surface area contributed by atoms with Crippen LogP contribution in [0.2, 0.25) is 0 Å². The van der Waals surface area contributed by atoms with Crippen LogP contribution < -0.4 is 14.8 Å². The number of carbonyl (C=O) groups is 1. The summed E-state index contributed by atoms with van der Waals surface area (Å²) in [6.07, 6.45) is 1.73. The fourth-order valence-corrected chi connectivity index (χ4v) is 3.00. The van der Waals surface area contributed by atoms with E-state index in [0.29, 0.717) is 13.2 Å². The van der Waals surface area contributed by atoms with Crippen molar-refractivity contribution in [3.8, 4) is 11.5 Å². The lowest BCUT2D eigenvalue weighted by Crippen LogP contribution is -2.28. The molecule has 0 aromatic heterocycles. The molecule has 1 aliphatic carbocycles. The van der Waals surface area contributed by atoms with Gasteiger partial charge in [-0.05, 0) is 49.6 Å². The molecule has 2 aromatic carbocycles. The lowest BCUT2D eigenvalue weighted by molar-refractivity contribution is -0.118. The highest BCUT2D eigenvalue weighted by atomic mass is 16.6. The van der Waals surface area contributed by atoms with Crippen LogP contribution in [0.15, 0.2) is 42.5 Å². The van der Waals surface area contributed by atoms with Crippen molar-refractivity contribution >= 4 is 11.6 Å². The Morgan fingerprint density at radius 1 is 1.00 bits per heavy atom. The molecule has 1 saturated carbocycles. The Morgan fingerprint density at radius 2 is 1.70 bits per heavy atom. The third-order valence-corrected chi connectivity index (χ3v) is 4.59. The van der Waals surface area contributed by atoms with Crippen LogP contribution in [-0.4, -0.2) is 19.1 Å².